The van der Waals surface area contributed by atoms with Gasteiger partial charge in [0.25, 0.3) is 0 Å². The van der Waals surface area contributed by atoms with Gasteiger partial charge in [0, 0.05) is 13.6 Å². The molecule has 0 aliphatic carbocycles. The number of nitrogens with one attached hydrogen (secondary N) is 1. The average Bonchev–Trinajstić information content (AvgIpc) is 2.99. The van der Waals surface area contributed by atoms with Gasteiger partial charge in [-0.05, 0) is 19.1 Å². The minimum absolute atomic E-state index is 0.660. The summed E-state index contributed by atoms with van der Waals surface area (Å²) >= 11 is 0. The quantitative estimate of drug-likeness (QED) is 0.773. The van der Waals surface area contributed by atoms with Gasteiger partial charge in [0.1, 0.15) is 0 Å². The Morgan fingerprint density at radius 1 is 1.26 bits per heavy atom. The molecular formula is C13H16N6. The Morgan fingerprint density at radius 2 is 2.11 bits per heavy atom. The molecule has 1 N–H and O–H groups in total. The van der Waals surface area contributed by atoms with E-state index in [0.29, 0.717) is 6.54 Å². The number of aromatic nitrogens is 5. The van der Waals surface area contributed by atoms with E-state index in [1.807, 2.05) is 25.2 Å². The third kappa shape index (κ3) is 2.05. The molecule has 2 aromatic heterocycles. The number of benzene rings is 1. The highest BCUT2D eigenvalue weighted by Gasteiger charge is 2.09. The average molecular weight is 256 g/mol. The minimum Gasteiger partial charge on any atom is -0.350 e. The molecule has 0 saturated carbocycles. The van der Waals surface area contributed by atoms with Crippen LogP contribution in [0.2, 0.25) is 0 Å². The molecular weight excluding hydrogens is 240 g/mol. The molecule has 6 nitrogen and oxygen atoms in total. The number of aryl methyl sites for hydroxylation is 2. The van der Waals surface area contributed by atoms with Crippen LogP contribution in [0.15, 0.2) is 30.5 Å². The third-order valence-electron chi connectivity index (χ3n) is 3.21. The first-order chi connectivity index (χ1) is 9.29. The Morgan fingerprint density at radius 3 is 2.84 bits per heavy atom. The van der Waals surface area contributed by atoms with E-state index in [0.717, 1.165) is 29.2 Å². The van der Waals surface area contributed by atoms with Gasteiger partial charge < -0.3 is 9.88 Å². The van der Waals surface area contributed by atoms with E-state index in [1.165, 1.54) is 0 Å². The molecule has 0 radical (unpaired) electrons. The second kappa shape index (κ2) is 4.72. The van der Waals surface area contributed by atoms with Crippen molar-refractivity contribution < 1.29 is 0 Å². The van der Waals surface area contributed by atoms with Crippen LogP contribution in [-0.4, -0.2) is 24.5 Å². The van der Waals surface area contributed by atoms with Gasteiger partial charge in [-0.25, -0.2) is 4.98 Å². The van der Waals surface area contributed by atoms with E-state index in [1.54, 1.807) is 10.9 Å². The maximum absolute atomic E-state index is 4.61. The van der Waals surface area contributed by atoms with Crippen molar-refractivity contribution >= 4 is 17.0 Å². The number of hydrogen-bond donors (Lipinski definition) is 1. The minimum atomic E-state index is 0.660. The lowest BCUT2D eigenvalue weighted by Gasteiger charge is -2.08. The lowest BCUT2D eigenvalue weighted by atomic mass is 10.3. The summed E-state index contributed by atoms with van der Waals surface area (Å²) in [5.74, 6) is 0.880. The summed E-state index contributed by atoms with van der Waals surface area (Å²) in [5, 5.41) is 11.1. The zero-order valence-electron chi connectivity index (χ0n) is 11.0. The highest BCUT2D eigenvalue weighted by molar-refractivity contribution is 5.78. The number of fused-ring (bicyclic) bond motifs is 1. The van der Waals surface area contributed by atoms with E-state index >= 15 is 0 Å². The van der Waals surface area contributed by atoms with Gasteiger partial charge in [0.05, 0.1) is 29.5 Å². The lowest BCUT2D eigenvalue weighted by molar-refractivity contribution is 0.680. The van der Waals surface area contributed by atoms with Crippen LogP contribution >= 0.6 is 0 Å². The van der Waals surface area contributed by atoms with Crippen molar-refractivity contribution in [2.45, 2.75) is 20.0 Å². The van der Waals surface area contributed by atoms with Gasteiger partial charge in [-0.2, -0.15) is 0 Å². The highest BCUT2D eigenvalue weighted by Crippen LogP contribution is 2.19. The molecule has 0 bridgehead atoms. The fraction of sp³-hybridized carbons (Fsp3) is 0.308. The van der Waals surface area contributed by atoms with Gasteiger partial charge in [0.15, 0.2) is 0 Å². The molecule has 0 amide bonds. The summed E-state index contributed by atoms with van der Waals surface area (Å²) < 4.78 is 3.92. The summed E-state index contributed by atoms with van der Waals surface area (Å²) in [6, 6.07) is 8.15. The fourth-order valence-corrected chi connectivity index (χ4v) is 2.17. The molecule has 0 aliphatic rings. The predicted molar refractivity (Wildman–Crippen MR) is 73.7 cm³/mol. The largest absolute Gasteiger partial charge is 0.350 e. The monoisotopic (exact) mass is 256 g/mol. The first-order valence-corrected chi connectivity index (χ1v) is 6.32. The normalized spacial score (nSPS) is 11.1. The second-order valence-electron chi connectivity index (χ2n) is 4.37. The van der Waals surface area contributed by atoms with Crippen LogP contribution in [0.25, 0.3) is 11.0 Å². The molecule has 6 heteroatoms. The third-order valence-corrected chi connectivity index (χ3v) is 3.21. The SMILES string of the molecule is CCn1c(NCc2cnnn2C)nc2ccccc21. The molecule has 0 aliphatic heterocycles. The number of imidazole rings is 1. The lowest BCUT2D eigenvalue weighted by Crippen LogP contribution is -2.09. The van der Waals surface area contributed by atoms with E-state index in [-0.39, 0.29) is 0 Å². The maximum atomic E-state index is 4.61. The Labute approximate surface area is 111 Å². The first kappa shape index (κ1) is 11.7. The Bertz CT molecular complexity index is 696. The summed E-state index contributed by atoms with van der Waals surface area (Å²) in [4.78, 5) is 4.61. The van der Waals surface area contributed by atoms with E-state index in [9.17, 15) is 0 Å². The van der Waals surface area contributed by atoms with Crippen LogP contribution in [0.1, 0.15) is 12.6 Å². The number of nitrogens with zero attached hydrogens (tertiary/aromatic N) is 5. The molecule has 1 aromatic carbocycles. The molecule has 0 saturated heterocycles. The molecule has 3 rings (SSSR count). The molecule has 98 valence electrons. The van der Waals surface area contributed by atoms with Crippen molar-refractivity contribution in [3.05, 3.63) is 36.2 Å². The van der Waals surface area contributed by atoms with Crippen LogP contribution in [0.4, 0.5) is 5.95 Å². The molecule has 3 aromatic rings. The van der Waals surface area contributed by atoms with Crippen molar-refractivity contribution in [2.75, 3.05) is 5.32 Å². The summed E-state index contributed by atoms with van der Waals surface area (Å²) in [7, 11) is 1.88. The molecule has 0 unspecified atom stereocenters. The second-order valence-corrected chi connectivity index (χ2v) is 4.37. The fourth-order valence-electron chi connectivity index (χ4n) is 2.17. The van der Waals surface area contributed by atoms with Gasteiger partial charge >= 0.3 is 0 Å². The van der Waals surface area contributed by atoms with Crippen LogP contribution in [0.5, 0.6) is 0 Å². The summed E-state index contributed by atoms with van der Waals surface area (Å²) in [6.45, 7) is 3.66. The van der Waals surface area contributed by atoms with Gasteiger partial charge in [-0.1, -0.05) is 17.3 Å². The van der Waals surface area contributed by atoms with Crippen LogP contribution in [-0.2, 0) is 20.1 Å². The Hall–Kier alpha value is -2.37. The predicted octanol–water partition coefficient (Wildman–Crippen LogP) is 1.80. The van der Waals surface area contributed by atoms with Gasteiger partial charge in [-0.15, -0.1) is 5.10 Å². The van der Waals surface area contributed by atoms with Crippen molar-refractivity contribution in [1.82, 2.24) is 24.5 Å². The van der Waals surface area contributed by atoms with Crippen molar-refractivity contribution in [2.24, 2.45) is 7.05 Å². The van der Waals surface area contributed by atoms with Crippen LogP contribution < -0.4 is 5.32 Å². The van der Waals surface area contributed by atoms with E-state index in [2.05, 4.69) is 38.2 Å². The molecule has 0 atom stereocenters. The molecule has 0 fully saturated rings. The topological polar surface area (TPSA) is 60.6 Å². The molecule has 19 heavy (non-hydrogen) atoms. The van der Waals surface area contributed by atoms with Gasteiger partial charge in [-0.3, -0.25) is 4.68 Å². The van der Waals surface area contributed by atoms with Crippen molar-refractivity contribution in [3.8, 4) is 0 Å². The van der Waals surface area contributed by atoms with Crippen LogP contribution in [0, 0.1) is 0 Å². The first-order valence-electron chi connectivity index (χ1n) is 6.32. The number of hydrogen-bond acceptors (Lipinski definition) is 4. The Balaban J connectivity index is 1.90. The van der Waals surface area contributed by atoms with Crippen molar-refractivity contribution in [3.63, 3.8) is 0 Å². The molecule has 2 heterocycles. The number of anilines is 1. The van der Waals surface area contributed by atoms with Crippen molar-refractivity contribution in [1.29, 1.82) is 0 Å². The highest BCUT2D eigenvalue weighted by atomic mass is 15.4. The maximum Gasteiger partial charge on any atom is 0.204 e. The van der Waals surface area contributed by atoms with E-state index in [4.69, 9.17) is 0 Å². The van der Waals surface area contributed by atoms with E-state index < -0.39 is 0 Å². The number of rotatable bonds is 4. The van der Waals surface area contributed by atoms with Gasteiger partial charge in [0.2, 0.25) is 5.95 Å². The standard InChI is InChI=1S/C13H16N6/c1-3-19-12-7-5-4-6-11(12)16-13(19)14-8-10-9-15-17-18(10)2/h4-7,9H,3,8H2,1-2H3,(H,14,16). The summed E-state index contributed by atoms with van der Waals surface area (Å²) in [6.07, 6.45) is 1.76. The zero-order chi connectivity index (χ0) is 13.2. The number of para-hydroxylation sites is 2. The zero-order valence-corrected chi connectivity index (χ0v) is 11.0. The smallest absolute Gasteiger partial charge is 0.204 e. The molecule has 0 spiro atoms. The summed E-state index contributed by atoms with van der Waals surface area (Å²) in [5.41, 5.74) is 3.18. The Kier molecular flexibility index (Phi) is 2.91. The van der Waals surface area contributed by atoms with Crippen LogP contribution in [0.3, 0.4) is 0 Å².